The highest BCUT2D eigenvalue weighted by Crippen LogP contribution is 2.18. The largest absolute Gasteiger partial charge is 0.396 e. The number of nitrogen functional groups attached to an aromatic ring is 1. The van der Waals surface area contributed by atoms with Crippen molar-refractivity contribution < 1.29 is 9.18 Å². The van der Waals surface area contributed by atoms with Crippen LogP contribution in [0.5, 0.6) is 0 Å². The van der Waals surface area contributed by atoms with Crippen LogP contribution in [-0.2, 0) is 7.05 Å². The minimum atomic E-state index is -0.416. The summed E-state index contributed by atoms with van der Waals surface area (Å²) in [4.78, 5) is 12.0. The summed E-state index contributed by atoms with van der Waals surface area (Å²) in [7, 11) is 1.61. The molecule has 0 aliphatic rings. The normalized spacial score (nSPS) is 10.4. The van der Waals surface area contributed by atoms with E-state index in [0.717, 1.165) is 5.56 Å². The molecule has 0 unspecified atom stereocenters. The number of anilines is 2. The van der Waals surface area contributed by atoms with E-state index < -0.39 is 11.7 Å². The number of carbonyl (C=O) groups excluding carboxylic acids is 1. The third-order valence-corrected chi connectivity index (χ3v) is 2.63. The van der Waals surface area contributed by atoms with Crippen molar-refractivity contribution in [3.8, 4) is 0 Å². The third-order valence-electron chi connectivity index (χ3n) is 2.63. The van der Waals surface area contributed by atoms with Gasteiger partial charge >= 0.3 is 0 Å². The Labute approximate surface area is 103 Å². The predicted octanol–water partition coefficient (Wildman–Crippen LogP) is 1.70. The molecule has 0 atom stereocenters. The molecule has 1 heterocycles. The van der Waals surface area contributed by atoms with Gasteiger partial charge in [0, 0.05) is 12.7 Å². The molecule has 1 amide bonds. The first-order chi connectivity index (χ1) is 8.49. The van der Waals surface area contributed by atoms with Crippen LogP contribution >= 0.6 is 0 Å². The molecule has 5 nitrogen and oxygen atoms in total. The van der Waals surface area contributed by atoms with Gasteiger partial charge in [0.2, 0.25) is 0 Å². The van der Waals surface area contributed by atoms with Crippen LogP contribution in [0.4, 0.5) is 15.8 Å². The number of amides is 1. The number of hydrogen-bond acceptors (Lipinski definition) is 3. The summed E-state index contributed by atoms with van der Waals surface area (Å²) in [6.07, 6.45) is 1.40. The van der Waals surface area contributed by atoms with Crippen LogP contribution < -0.4 is 11.1 Å². The van der Waals surface area contributed by atoms with Crippen LogP contribution in [0.15, 0.2) is 24.4 Å². The Hall–Kier alpha value is -2.37. The molecule has 0 aliphatic carbocycles. The fraction of sp³-hybridized carbons (Fsp3) is 0.167. The molecule has 1 aromatic carbocycles. The van der Waals surface area contributed by atoms with Gasteiger partial charge in [0.05, 0.1) is 11.9 Å². The van der Waals surface area contributed by atoms with Gasteiger partial charge in [-0.05, 0) is 24.6 Å². The summed E-state index contributed by atoms with van der Waals surface area (Å²) in [6, 6.07) is 4.20. The summed E-state index contributed by atoms with van der Waals surface area (Å²) >= 11 is 0. The van der Waals surface area contributed by atoms with Crippen molar-refractivity contribution in [3.05, 3.63) is 41.5 Å². The second-order valence-electron chi connectivity index (χ2n) is 3.99. The number of aryl methyl sites for hydroxylation is 2. The predicted molar refractivity (Wildman–Crippen MR) is 66.7 cm³/mol. The van der Waals surface area contributed by atoms with Crippen LogP contribution in [-0.4, -0.2) is 15.7 Å². The molecule has 0 radical (unpaired) electrons. The van der Waals surface area contributed by atoms with E-state index in [1.807, 2.05) is 0 Å². The van der Waals surface area contributed by atoms with Crippen LogP contribution in [0, 0.1) is 12.7 Å². The van der Waals surface area contributed by atoms with E-state index in [2.05, 4.69) is 10.4 Å². The summed E-state index contributed by atoms with van der Waals surface area (Å²) < 4.78 is 14.5. The van der Waals surface area contributed by atoms with Gasteiger partial charge in [0.1, 0.15) is 11.5 Å². The highest BCUT2D eigenvalue weighted by molar-refractivity contribution is 6.06. The molecule has 2 rings (SSSR count). The number of aromatic nitrogens is 2. The number of halogens is 1. The fourth-order valence-corrected chi connectivity index (χ4v) is 1.64. The molecule has 0 aliphatic heterocycles. The SMILES string of the molecule is Cc1ccc(F)cc1NC(=O)c1c(N)cnn1C. The van der Waals surface area contributed by atoms with Crippen molar-refractivity contribution in [2.75, 3.05) is 11.1 Å². The fourth-order valence-electron chi connectivity index (χ4n) is 1.64. The zero-order chi connectivity index (χ0) is 13.3. The average molecular weight is 248 g/mol. The maximum atomic E-state index is 13.1. The maximum Gasteiger partial charge on any atom is 0.276 e. The zero-order valence-corrected chi connectivity index (χ0v) is 10.1. The topological polar surface area (TPSA) is 72.9 Å². The molecule has 3 N–H and O–H groups in total. The van der Waals surface area contributed by atoms with E-state index in [1.165, 1.54) is 23.0 Å². The van der Waals surface area contributed by atoms with E-state index in [9.17, 15) is 9.18 Å². The van der Waals surface area contributed by atoms with Gasteiger partial charge in [-0.25, -0.2) is 4.39 Å². The molecule has 18 heavy (non-hydrogen) atoms. The van der Waals surface area contributed by atoms with E-state index in [4.69, 9.17) is 5.73 Å². The Balaban J connectivity index is 2.30. The Morgan fingerprint density at radius 2 is 2.22 bits per heavy atom. The van der Waals surface area contributed by atoms with Gasteiger partial charge in [-0.1, -0.05) is 6.07 Å². The molecule has 0 bridgehead atoms. The average Bonchev–Trinajstić information content (AvgIpc) is 2.63. The highest BCUT2D eigenvalue weighted by Gasteiger charge is 2.15. The lowest BCUT2D eigenvalue weighted by molar-refractivity contribution is 0.101. The Morgan fingerprint density at radius 1 is 1.50 bits per heavy atom. The van der Waals surface area contributed by atoms with Gasteiger partial charge < -0.3 is 11.1 Å². The number of nitrogens with two attached hydrogens (primary N) is 1. The monoisotopic (exact) mass is 248 g/mol. The smallest absolute Gasteiger partial charge is 0.276 e. The van der Waals surface area contributed by atoms with Crippen molar-refractivity contribution in [2.45, 2.75) is 6.92 Å². The van der Waals surface area contributed by atoms with E-state index >= 15 is 0 Å². The van der Waals surface area contributed by atoms with Crippen molar-refractivity contribution in [2.24, 2.45) is 7.05 Å². The molecule has 1 aromatic heterocycles. The van der Waals surface area contributed by atoms with Gasteiger partial charge in [-0.3, -0.25) is 9.48 Å². The number of nitrogens with zero attached hydrogens (tertiary/aromatic N) is 2. The molecule has 0 saturated heterocycles. The number of nitrogens with one attached hydrogen (secondary N) is 1. The first-order valence-corrected chi connectivity index (χ1v) is 5.34. The van der Waals surface area contributed by atoms with Crippen molar-refractivity contribution in [1.29, 1.82) is 0 Å². The second kappa shape index (κ2) is 4.48. The summed E-state index contributed by atoms with van der Waals surface area (Å²) in [6.45, 7) is 1.78. The number of carbonyl (C=O) groups is 1. The molecule has 0 saturated carbocycles. The first-order valence-electron chi connectivity index (χ1n) is 5.34. The Kier molecular flexibility index (Phi) is 3.01. The minimum Gasteiger partial charge on any atom is -0.396 e. The van der Waals surface area contributed by atoms with Gasteiger partial charge in [-0.2, -0.15) is 5.10 Å². The first kappa shape index (κ1) is 12.1. The molecule has 0 fully saturated rings. The van der Waals surface area contributed by atoms with Gasteiger partial charge in [-0.15, -0.1) is 0 Å². The lowest BCUT2D eigenvalue weighted by Crippen LogP contribution is -2.18. The molecule has 94 valence electrons. The van der Waals surface area contributed by atoms with Gasteiger partial charge in [0.15, 0.2) is 0 Å². The number of rotatable bonds is 2. The van der Waals surface area contributed by atoms with E-state index in [-0.39, 0.29) is 11.4 Å². The van der Waals surface area contributed by atoms with Crippen molar-refractivity contribution >= 4 is 17.3 Å². The van der Waals surface area contributed by atoms with E-state index in [1.54, 1.807) is 20.0 Å². The Bertz CT molecular complexity index is 587. The summed E-state index contributed by atoms with van der Waals surface area (Å²) in [5.41, 5.74) is 7.36. The van der Waals surface area contributed by atoms with Gasteiger partial charge in [0.25, 0.3) is 5.91 Å². The maximum absolute atomic E-state index is 13.1. The standard InChI is InChI=1S/C12H13FN4O/c1-7-3-4-8(13)5-10(7)16-12(18)11-9(14)6-15-17(11)2/h3-6H,14H2,1-2H3,(H,16,18). The Morgan fingerprint density at radius 3 is 2.83 bits per heavy atom. The molecular weight excluding hydrogens is 235 g/mol. The number of hydrogen-bond donors (Lipinski definition) is 2. The van der Waals surface area contributed by atoms with Crippen molar-refractivity contribution in [1.82, 2.24) is 9.78 Å². The van der Waals surface area contributed by atoms with Crippen LogP contribution in [0.2, 0.25) is 0 Å². The third kappa shape index (κ3) is 2.17. The highest BCUT2D eigenvalue weighted by atomic mass is 19.1. The lowest BCUT2D eigenvalue weighted by Gasteiger charge is -2.09. The second-order valence-corrected chi connectivity index (χ2v) is 3.99. The number of benzene rings is 1. The zero-order valence-electron chi connectivity index (χ0n) is 10.1. The van der Waals surface area contributed by atoms with Crippen LogP contribution in [0.1, 0.15) is 16.1 Å². The lowest BCUT2D eigenvalue weighted by atomic mass is 10.2. The molecule has 0 spiro atoms. The molecule has 2 aromatic rings. The van der Waals surface area contributed by atoms with E-state index in [0.29, 0.717) is 5.69 Å². The minimum absolute atomic E-state index is 0.249. The molecule has 6 heteroatoms. The quantitative estimate of drug-likeness (QED) is 0.849. The van der Waals surface area contributed by atoms with Crippen LogP contribution in [0.3, 0.4) is 0 Å². The van der Waals surface area contributed by atoms with Crippen molar-refractivity contribution in [3.63, 3.8) is 0 Å². The summed E-state index contributed by atoms with van der Waals surface area (Å²) in [5.74, 6) is -0.824. The summed E-state index contributed by atoms with van der Waals surface area (Å²) in [5, 5.41) is 6.49. The van der Waals surface area contributed by atoms with Crippen LogP contribution in [0.25, 0.3) is 0 Å². The molecular formula is C12H13FN4O.